The molecular weight excluding hydrogens is 308 g/mol. The Hall–Kier alpha value is -1.06. The number of benzene rings is 1. The number of carbonyl (C=O) groups is 1. The number of amides is 1. The fourth-order valence-corrected chi connectivity index (χ4v) is 4.43. The second-order valence-corrected chi connectivity index (χ2v) is 7.72. The molecule has 2 N–H and O–H groups in total. The van der Waals surface area contributed by atoms with Crippen LogP contribution in [0, 0.1) is 5.92 Å². The molecule has 1 aromatic rings. The maximum Gasteiger partial charge on any atom is 0.233 e. The molecule has 1 aliphatic heterocycles. The third kappa shape index (κ3) is 3.27. The zero-order chi connectivity index (χ0) is 16.4. The highest BCUT2D eigenvalue weighted by atomic mass is 35.5. The number of halogens is 1. The molecule has 23 heavy (non-hydrogen) atoms. The Morgan fingerprint density at radius 3 is 2.30 bits per heavy atom. The molecule has 1 saturated heterocycles. The van der Waals surface area contributed by atoms with Crippen LogP contribution in [0.25, 0.3) is 0 Å². The van der Waals surface area contributed by atoms with Crippen molar-refractivity contribution in [1.29, 1.82) is 0 Å². The zero-order valence-corrected chi connectivity index (χ0v) is 14.7. The Morgan fingerprint density at radius 1 is 1.22 bits per heavy atom. The van der Waals surface area contributed by atoms with Crippen molar-refractivity contribution in [3.63, 3.8) is 0 Å². The Labute approximate surface area is 144 Å². The molecule has 1 amide bonds. The van der Waals surface area contributed by atoms with Crippen LogP contribution in [0.1, 0.15) is 51.0 Å². The smallest absolute Gasteiger partial charge is 0.233 e. The molecule has 1 atom stereocenters. The lowest BCUT2D eigenvalue weighted by molar-refractivity contribution is -0.138. The summed E-state index contributed by atoms with van der Waals surface area (Å²) in [7, 11) is 0. The summed E-state index contributed by atoms with van der Waals surface area (Å²) in [6, 6.07) is 8.13. The summed E-state index contributed by atoms with van der Waals surface area (Å²) < 4.78 is 0. The Bertz CT molecular complexity index is 541. The number of rotatable bonds is 3. The number of carbonyl (C=O) groups excluding carboxylic acids is 1. The Morgan fingerprint density at radius 2 is 1.78 bits per heavy atom. The number of likely N-dealkylation sites (tertiary alicyclic amines) is 1. The molecule has 0 bridgehead atoms. The minimum absolute atomic E-state index is 0.226. The van der Waals surface area contributed by atoms with Gasteiger partial charge in [0.15, 0.2) is 0 Å². The largest absolute Gasteiger partial charge is 0.342 e. The molecule has 1 aromatic carbocycles. The molecule has 1 saturated carbocycles. The normalized spacial score (nSPS) is 23.0. The first-order valence-electron chi connectivity index (χ1n) is 8.84. The highest BCUT2D eigenvalue weighted by molar-refractivity contribution is 6.30. The van der Waals surface area contributed by atoms with Crippen LogP contribution in [-0.4, -0.2) is 29.9 Å². The summed E-state index contributed by atoms with van der Waals surface area (Å²) >= 11 is 6.03. The van der Waals surface area contributed by atoms with Gasteiger partial charge in [-0.25, -0.2) is 0 Å². The third-order valence-corrected chi connectivity index (χ3v) is 6.09. The van der Waals surface area contributed by atoms with Crippen molar-refractivity contribution in [2.45, 2.75) is 56.9 Å². The first-order valence-corrected chi connectivity index (χ1v) is 9.22. The maximum absolute atomic E-state index is 13.3. The van der Waals surface area contributed by atoms with E-state index in [2.05, 4.69) is 11.8 Å². The molecule has 1 unspecified atom stereocenters. The average Bonchev–Trinajstić information content (AvgIpc) is 3.06. The molecule has 3 nitrogen and oxygen atoms in total. The molecular formula is C19H27ClN2O. The lowest BCUT2D eigenvalue weighted by Crippen LogP contribution is -2.50. The Kier molecular flexibility index (Phi) is 4.98. The lowest BCUT2D eigenvalue weighted by atomic mass is 9.77. The maximum atomic E-state index is 13.3. The monoisotopic (exact) mass is 334 g/mol. The van der Waals surface area contributed by atoms with Crippen LogP contribution in [-0.2, 0) is 10.2 Å². The molecule has 0 spiro atoms. The highest BCUT2D eigenvalue weighted by Crippen LogP contribution is 2.43. The number of hydrogen-bond acceptors (Lipinski definition) is 2. The molecule has 0 radical (unpaired) electrons. The standard InChI is InChI=1S/C19H27ClN2O/c1-14(21)15-8-12-22(13-9-15)18(23)19(10-2-3-11-19)16-4-6-17(20)7-5-16/h4-7,14-15H,2-3,8-13,21H2,1H3. The van der Waals surface area contributed by atoms with Crippen LogP contribution < -0.4 is 5.73 Å². The molecule has 0 aromatic heterocycles. The van der Waals surface area contributed by atoms with E-state index in [0.717, 1.165) is 62.2 Å². The number of piperidine rings is 1. The van der Waals surface area contributed by atoms with Gasteiger partial charge in [-0.2, -0.15) is 0 Å². The zero-order valence-electron chi connectivity index (χ0n) is 13.9. The van der Waals surface area contributed by atoms with E-state index in [9.17, 15) is 4.79 Å². The van der Waals surface area contributed by atoms with E-state index in [1.807, 2.05) is 24.3 Å². The van der Waals surface area contributed by atoms with E-state index in [1.54, 1.807) is 0 Å². The van der Waals surface area contributed by atoms with Crippen LogP contribution >= 0.6 is 11.6 Å². The third-order valence-electron chi connectivity index (χ3n) is 5.83. The van der Waals surface area contributed by atoms with Gasteiger partial charge in [-0.15, -0.1) is 0 Å². The minimum Gasteiger partial charge on any atom is -0.342 e. The molecule has 126 valence electrons. The number of hydrogen-bond donors (Lipinski definition) is 1. The van der Waals surface area contributed by atoms with Crippen molar-refractivity contribution in [1.82, 2.24) is 4.90 Å². The van der Waals surface area contributed by atoms with Gasteiger partial charge in [-0.05, 0) is 56.2 Å². The van der Waals surface area contributed by atoms with Crippen molar-refractivity contribution in [2.75, 3.05) is 13.1 Å². The quantitative estimate of drug-likeness (QED) is 0.915. The van der Waals surface area contributed by atoms with Crippen molar-refractivity contribution >= 4 is 17.5 Å². The summed E-state index contributed by atoms with van der Waals surface area (Å²) in [5, 5.41) is 0.729. The van der Waals surface area contributed by atoms with Gasteiger partial charge in [0.2, 0.25) is 5.91 Å². The van der Waals surface area contributed by atoms with Gasteiger partial charge in [0.05, 0.1) is 5.41 Å². The van der Waals surface area contributed by atoms with Gasteiger partial charge in [0, 0.05) is 24.2 Å². The summed E-state index contributed by atoms with van der Waals surface area (Å²) in [5.74, 6) is 0.870. The molecule has 2 aliphatic rings. The van der Waals surface area contributed by atoms with Crippen LogP contribution in [0.4, 0.5) is 0 Å². The van der Waals surface area contributed by atoms with E-state index in [0.29, 0.717) is 11.8 Å². The fourth-order valence-electron chi connectivity index (χ4n) is 4.30. The summed E-state index contributed by atoms with van der Waals surface area (Å²) in [5.41, 5.74) is 6.84. The van der Waals surface area contributed by atoms with E-state index < -0.39 is 0 Å². The minimum atomic E-state index is -0.328. The molecule has 3 rings (SSSR count). The highest BCUT2D eigenvalue weighted by Gasteiger charge is 2.45. The van der Waals surface area contributed by atoms with Gasteiger partial charge < -0.3 is 10.6 Å². The second-order valence-electron chi connectivity index (χ2n) is 7.28. The van der Waals surface area contributed by atoms with Crippen LogP contribution in [0.5, 0.6) is 0 Å². The van der Waals surface area contributed by atoms with Gasteiger partial charge >= 0.3 is 0 Å². The first kappa shape index (κ1) is 16.8. The van der Waals surface area contributed by atoms with Gasteiger partial charge in [0.25, 0.3) is 0 Å². The Balaban J connectivity index is 1.79. The van der Waals surface area contributed by atoms with Gasteiger partial charge in [-0.3, -0.25) is 4.79 Å². The number of nitrogens with zero attached hydrogens (tertiary/aromatic N) is 1. The van der Waals surface area contributed by atoms with Crippen LogP contribution in [0.2, 0.25) is 5.02 Å². The SMILES string of the molecule is CC(N)C1CCN(C(=O)C2(c3ccc(Cl)cc3)CCCC2)CC1. The average molecular weight is 335 g/mol. The fraction of sp³-hybridized carbons (Fsp3) is 0.632. The number of nitrogens with two attached hydrogens (primary N) is 1. The van der Waals surface area contributed by atoms with Crippen molar-refractivity contribution in [3.05, 3.63) is 34.9 Å². The van der Waals surface area contributed by atoms with Crippen LogP contribution in [0.3, 0.4) is 0 Å². The van der Waals surface area contributed by atoms with E-state index in [1.165, 1.54) is 0 Å². The van der Waals surface area contributed by atoms with Crippen molar-refractivity contribution < 1.29 is 4.79 Å². The molecule has 1 aliphatic carbocycles. The van der Waals surface area contributed by atoms with E-state index >= 15 is 0 Å². The first-order chi connectivity index (χ1) is 11.0. The molecule has 4 heteroatoms. The van der Waals surface area contributed by atoms with E-state index in [4.69, 9.17) is 17.3 Å². The summed E-state index contributed by atoms with van der Waals surface area (Å²) in [6.07, 6.45) is 6.23. The predicted molar refractivity (Wildman–Crippen MR) is 94.6 cm³/mol. The summed E-state index contributed by atoms with van der Waals surface area (Å²) in [4.78, 5) is 15.4. The second kappa shape index (κ2) is 6.82. The lowest BCUT2D eigenvalue weighted by Gasteiger charge is -2.39. The topological polar surface area (TPSA) is 46.3 Å². The molecule has 2 fully saturated rings. The van der Waals surface area contributed by atoms with Crippen LogP contribution in [0.15, 0.2) is 24.3 Å². The van der Waals surface area contributed by atoms with Gasteiger partial charge in [0.1, 0.15) is 0 Å². The summed E-state index contributed by atoms with van der Waals surface area (Å²) in [6.45, 7) is 3.77. The van der Waals surface area contributed by atoms with Crippen molar-refractivity contribution in [2.24, 2.45) is 11.7 Å². The predicted octanol–water partition coefficient (Wildman–Crippen LogP) is 3.74. The molecule has 1 heterocycles. The van der Waals surface area contributed by atoms with E-state index in [-0.39, 0.29) is 11.5 Å². The van der Waals surface area contributed by atoms with Crippen molar-refractivity contribution in [3.8, 4) is 0 Å². The van der Waals surface area contributed by atoms with Gasteiger partial charge in [-0.1, -0.05) is 36.6 Å².